The second-order valence-electron chi connectivity index (χ2n) is 2.07. The van der Waals surface area contributed by atoms with E-state index in [0.29, 0.717) is 11.7 Å². The van der Waals surface area contributed by atoms with Crippen LogP contribution in [0.5, 0.6) is 0 Å². The quantitative estimate of drug-likeness (QED) is 0.364. The normalized spacial score (nSPS) is 9.64. The van der Waals surface area contributed by atoms with E-state index in [1.165, 1.54) is 0 Å². The van der Waals surface area contributed by atoms with Crippen molar-refractivity contribution in [2.45, 2.75) is 0 Å². The number of hydrogen-bond donors (Lipinski definition) is 3. The number of anilines is 1. The van der Waals surface area contributed by atoms with Crippen LogP contribution >= 0.6 is 11.6 Å². The largest absolute Gasteiger partial charge is 0.371 e. The summed E-state index contributed by atoms with van der Waals surface area (Å²) in [4.78, 5) is 0. The molecule has 0 bridgehead atoms. The Bertz CT molecular complexity index is 227. The van der Waals surface area contributed by atoms with E-state index in [2.05, 4.69) is 10.7 Å². The topological polar surface area (TPSA) is 50.1 Å². The van der Waals surface area contributed by atoms with Gasteiger partial charge in [-0.1, -0.05) is 17.7 Å². The van der Waals surface area contributed by atoms with Gasteiger partial charge in [0.2, 0.25) is 0 Å². The van der Waals surface area contributed by atoms with Gasteiger partial charge in [0.05, 0.1) is 6.67 Å². The first-order valence-electron chi connectivity index (χ1n) is 3.26. The average molecular weight is 172 g/mol. The predicted octanol–water partition coefficient (Wildman–Crippen LogP) is 1.17. The lowest BCUT2D eigenvalue weighted by atomic mass is 10.3. The summed E-state index contributed by atoms with van der Waals surface area (Å²) in [6.45, 7) is 0.528. The molecule has 0 heterocycles. The summed E-state index contributed by atoms with van der Waals surface area (Å²) < 4.78 is 0. The van der Waals surface area contributed by atoms with E-state index in [4.69, 9.17) is 17.4 Å². The fourth-order valence-electron chi connectivity index (χ4n) is 0.752. The molecule has 1 aromatic carbocycles. The molecule has 0 aliphatic rings. The summed E-state index contributed by atoms with van der Waals surface area (Å²) in [6.07, 6.45) is 0. The summed E-state index contributed by atoms with van der Waals surface area (Å²) in [6, 6.07) is 7.45. The third-order valence-corrected chi connectivity index (χ3v) is 1.45. The fraction of sp³-hybridized carbons (Fsp3) is 0.143. The highest BCUT2D eigenvalue weighted by Crippen LogP contribution is 2.13. The van der Waals surface area contributed by atoms with Crippen molar-refractivity contribution in [2.75, 3.05) is 12.0 Å². The number of hydrogen-bond acceptors (Lipinski definition) is 3. The molecule has 0 amide bonds. The molecule has 4 N–H and O–H groups in total. The highest BCUT2D eigenvalue weighted by Gasteiger charge is 1.89. The molecular weight excluding hydrogens is 162 g/mol. The van der Waals surface area contributed by atoms with Crippen molar-refractivity contribution in [3.05, 3.63) is 29.3 Å². The molecule has 60 valence electrons. The van der Waals surface area contributed by atoms with Crippen molar-refractivity contribution < 1.29 is 0 Å². The third kappa shape index (κ3) is 2.76. The first-order chi connectivity index (χ1) is 5.33. The summed E-state index contributed by atoms with van der Waals surface area (Å²) in [5, 5.41) is 3.73. The minimum absolute atomic E-state index is 0.528. The van der Waals surface area contributed by atoms with Gasteiger partial charge in [0.15, 0.2) is 0 Å². The summed E-state index contributed by atoms with van der Waals surface area (Å²) >= 11 is 5.73. The van der Waals surface area contributed by atoms with Gasteiger partial charge < -0.3 is 5.32 Å². The van der Waals surface area contributed by atoms with Crippen molar-refractivity contribution in [3.63, 3.8) is 0 Å². The molecule has 0 radical (unpaired) electrons. The van der Waals surface area contributed by atoms with Crippen LogP contribution < -0.4 is 16.6 Å². The van der Waals surface area contributed by atoms with Gasteiger partial charge in [-0.2, -0.15) is 0 Å². The molecule has 4 heteroatoms. The number of halogens is 1. The maximum Gasteiger partial charge on any atom is 0.0780 e. The van der Waals surface area contributed by atoms with E-state index in [0.717, 1.165) is 5.69 Å². The highest BCUT2D eigenvalue weighted by atomic mass is 35.5. The van der Waals surface area contributed by atoms with Crippen molar-refractivity contribution >= 4 is 17.3 Å². The zero-order valence-electron chi connectivity index (χ0n) is 5.97. The summed E-state index contributed by atoms with van der Waals surface area (Å²) in [5.41, 5.74) is 3.44. The van der Waals surface area contributed by atoms with Crippen molar-refractivity contribution in [3.8, 4) is 0 Å². The van der Waals surface area contributed by atoms with Crippen LogP contribution in [-0.2, 0) is 0 Å². The Morgan fingerprint density at radius 1 is 1.45 bits per heavy atom. The van der Waals surface area contributed by atoms with Gasteiger partial charge >= 0.3 is 0 Å². The average Bonchev–Trinajstić information content (AvgIpc) is 2.01. The van der Waals surface area contributed by atoms with Gasteiger partial charge in [0.1, 0.15) is 0 Å². The van der Waals surface area contributed by atoms with Gasteiger partial charge in [-0.05, 0) is 18.2 Å². The zero-order valence-corrected chi connectivity index (χ0v) is 6.73. The SMILES string of the molecule is NNCNc1cccc(Cl)c1. The molecular formula is C7H10ClN3. The van der Waals surface area contributed by atoms with E-state index >= 15 is 0 Å². The summed E-state index contributed by atoms with van der Waals surface area (Å²) in [5.74, 6) is 5.07. The fourth-order valence-corrected chi connectivity index (χ4v) is 0.942. The van der Waals surface area contributed by atoms with Crippen LogP contribution in [0, 0.1) is 0 Å². The van der Waals surface area contributed by atoms with Gasteiger partial charge in [0.25, 0.3) is 0 Å². The van der Waals surface area contributed by atoms with E-state index in [-0.39, 0.29) is 0 Å². The van der Waals surface area contributed by atoms with Crippen LogP contribution in [0.25, 0.3) is 0 Å². The number of rotatable bonds is 3. The Labute approximate surface area is 70.5 Å². The highest BCUT2D eigenvalue weighted by molar-refractivity contribution is 6.30. The lowest BCUT2D eigenvalue weighted by Gasteiger charge is -2.04. The number of nitrogens with one attached hydrogen (secondary N) is 2. The second-order valence-corrected chi connectivity index (χ2v) is 2.50. The molecule has 0 spiro atoms. The van der Waals surface area contributed by atoms with Crippen LogP contribution in [0.15, 0.2) is 24.3 Å². The number of nitrogens with two attached hydrogens (primary N) is 1. The smallest absolute Gasteiger partial charge is 0.0780 e. The summed E-state index contributed by atoms with van der Waals surface area (Å²) in [7, 11) is 0. The van der Waals surface area contributed by atoms with Crippen molar-refractivity contribution in [1.82, 2.24) is 5.43 Å². The third-order valence-electron chi connectivity index (χ3n) is 1.22. The Kier molecular flexibility index (Phi) is 3.16. The van der Waals surface area contributed by atoms with Crippen molar-refractivity contribution in [2.24, 2.45) is 5.84 Å². The lowest BCUT2D eigenvalue weighted by molar-refractivity contribution is 0.790. The molecule has 0 unspecified atom stereocenters. The Hall–Kier alpha value is -0.770. The van der Waals surface area contributed by atoms with Crippen LogP contribution in [0.1, 0.15) is 0 Å². The Morgan fingerprint density at radius 3 is 2.91 bits per heavy atom. The predicted molar refractivity (Wildman–Crippen MR) is 47.3 cm³/mol. The molecule has 1 rings (SSSR count). The monoisotopic (exact) mass is 171 g/mol. The maximum atomic E-state index is 5.73. The van der Waals surface area contributed by atoms with Gasteiger partial charge in [0, 0.05) is 10.7 Å². The second kappa shape index (κ2) is 4.18. The lowest BCUT2D eigenvalue weighted by Crippen LogP contribution is -2.28. The molecule has 1 aromatic rings. The molecule has 0 aliphatic heterocycles. The molecule has 0 aromatic heterocycles. The Morgan fingerprint density at radius 2 is 2.27 bits per heavy atom. The molecule has 0 saturated carbocycles. The minimum atomic E-state index is 0.528. The molecule has 0 fully saturated rings. The maximum absolute atomic E-state index is 5.73. The van der Waals surface area contributed by atoms with Crippen LogP contribution in [0.4, 0.5) is 5.69 Å². The van der Waals surface area contributed by atoms with Gasteiger partial charge in [-0.15, -0.1) is 0 Å². The Balaban J connectivity index is 2.56. The van der Waals surface area contributed by atoms with E-state index in [1.54, 1.807) is 0 Å². The van der Waals surface area contributed by atoms with Gasteiger partial charge in [-0.25, -0.2) is 5.43 Å². The van der Waals surface area contributed by atoms with Crippen molar-refractivity contribution in [1.29, 1.82) is 0 Å². The van der Waals surface area contributed by atoms with Crippen LogP contribution in [0.2, 0.25) is 5.02 Å². The number of hydrazine groups is 1. The molecule has 11 heavy (non-hydrogen) atoms. The van der Waals surface area contributed by atoms with E-state index in [1.807, 2.05) is 24.3 Å². The van der Waals surface area contributed by atoms with E-state index in [9.17, 15) is 0 Å². The van der Waals surface area contributed by atoms with E-state index < -0.39 is 0 Å². The first-order valence-corrected chi connectivity index (χ1v) is 3.63. The molecule has 0 atom stereocenters. The standard InChI is InChI=1S/C7H10ClN3/c8-6-2-1-3-7(4-6)10-5-11-9/h1-4,10-11H,5,9H2. The van der Waals surface area contributed by atoms with Crippen LogP contribution in [-0.4, -0.2) is 6.67 Å². The molecule has 3 nitrogen and oxygen atoms in total. The first kappa shape index (κ1) is 8.33. The van der Waals surface area contributed by atoms with Crippen LogP contribution in [0.3, 0.4) is 0 Å². The molecule has 0 saturated heterocycles. The number of benzene rings is 1. The molecule has 0 aliphatic carbocycles. The zero-order chi connectivity index (χ0) is 8.10. The van der Waals surface area contributed by atoms with Gasteiger partial charge in [-0.3, -0.25) is 5.84 Å². The minimum Gasteiger partial charge on any atom is -0.371 e.